The van der Waals surface area contributed by atoms with Gasteiger partial charge < -0.3 is 9.73 Å². The van der Waals surface area contributed by atoms with Gasteiger partial charge in [-0.1, -0.05) is 24.3 Å². The van der Waals surface area contributed by atoms with Gasteiger partial charge in [-0.05, 0) is 48.9 Å². The lowest BCUT2D eigenvalue weighted by Crippen LogP contribution is -2.23. The number of carbonyl (C=O) groups excluding carboxylic acids is 1. The van der Waals surface area contributed by atoms with Crippen LogP contribution in [0.3, 0.4) is 0 Å². The Bertz CT molecular complexity index is 1050. The molecule has 2 N–H and O–H groups in total. The molecule has 1 amide bonds. The van der Waals surface area contributed by atoms with Gasteiger partial charge in [-0.25, -0.2) is 13.1 Å². The van der Waals surface area contributed by atoms with Crippen molar-refractivity contribution in [3.8, 4) is 0 Å². The van der Waals surface area contributed by atoms with E-state index in [0.717, 1.165) is 10.5 Å². The zero-order chi connectivity index (χ0) is 20.0. The van der Waals surface area contributed by atoms with Crippen molar-refractivity contribution in [3.05, 3.63) is 78.3 Å². The van der Waals surface area contributed by atoms with E-state index >= 15 is 0 Å². The van der Waals surface area contributed by atoms with Gasteiger partial charge in [0.25, 0.3) is 0 Å². The predicted octanol–water partition coefficient (Wildman–Crippen LogP) is 3.80. The topological polar surface area (TPSA) is 88.4 Å². The molecular weight excluding hydrogens is 396 g/mol. The first kappa shape index (κ1) is 20.2. The van der Waals surface area contributed by atoms with Gasteiger partial charge in [0.1, 0.15) is 5.76 Å². The third-order valence-electron chi connectivity index (χ3n) is 3.90. The number of anilines is 1. The standard InChI is InChI=1S/C20H20N2O4S2/c1-15-6-2-3-10-19(15)27-14-20(23)22-16-7-4-9-18(12-16)28(24,25)21-13-17-8-5-11-26-17/h2-12,21H,13-14H2,1H3,(H,22,23). The molecule has 8 heteroatoms. The number of sulfonamides is 1. The van der Waals surface area contributed by atoms with Crippen molar-refractivity contribution in [1.29, 1.82) is 0 Å². The summed E-state index contributed by atoms with van der Waals surface area (Å²) in [6.45, 7) is 2.04. The largest absolute Gasteiger partial charge is 0.468 e. The fraction of sp³-hybridized carbons (Fsp3) is 0.150. The maximum absolute atomic E-state index is 12.4. The summed E-state index contributed by atoms with van der Waals surface area (Å²) < 4.78 is 32.5. The first-order valence-corrected chi connectivity index (χ1v) is 11.0. The van der Waals surface area contributed by atoms with Gasteiger partial charge in [-0.2, -0.15) is 0 Å². The maximum Gasteiger partial charge on any atom is 0.241 e. The number of hydrogen-bond donors (Lipinski definition) is 2. The first-order valence-electron chi connectivity index (χ1n) is 8.54. The van der Waals surface area contributed by atoms with Crippen molar-refractivity contribution in [1.82, 2.24) is 4.72 Å². The van der Waals surface area contributed by atoms with E-state index in [4.69, 9.17) is 4.42 Å². The highest BCUT2D eigenvalue weighted by Crippen LogP contribution is 2.22. The summed E-state index contributed by atoms with van der Waals surface area (Å²) in [5.41, 5.74) is 1.53. The van der Waals surface area contributed by atoms with Gasteiger partial charge in [0.15, 0.2) is 0 Å². The number of hydrogen-bond acceptors (Lipinski definition) is 5. The zero-order valence-electron chi connectivity index (χ0n) is 15.2. The van der Waals surface area contributed by atoms with E-state index in [9.17, 15) is 13.2 Å². The molecule has 6 nitrogen and oxygen atoms in total. The third kappa shape index (κ3) is 5.48. The second-order valence-electron chi connectivity index (χ2n) is 6.03. The molecule has 3 rings (SSSR count). The first-order chi connectivity index (χ1) is 13.4. The van der Waals surface area contributed by atoms with Crippen molar-refractivity contribution in [2.75, 3.05) is 11.1 Å². The summed E-state index contributed by atoms with van der Waals surface area (Å²) in [7, 11) is -3.72. The highest BCUT2D eigenvalue weighted by Gasteiger charge is 2.15. The van der Waals surface area contributed by atoms with Crippen LogP contribution in [0.2, 0.25) is 0 Å². The van der Waals surface area contributed by atoms with E-state index in [1.807, 2.05) is 31.2 Å². The van der Waals surface area contributed by atoms with Crippen LogP contribution >= 0.6 is 11.8 Å². The zero-order valence-corrected chi connectivity index (χ0v) is 16.8. The normalized spacial score (nSPS) is 11.3. The Morgan fingerprint density at radius 1 is 1.07 bits per heavy atom. The number of nitrogens with one attached hydrogen (secondary N) is 2. The third-order valence-corrected chi connectivity index (χ3v) is 6.47. The van der Waals surface area contributed by atoms with Crippen molar-refractivity contribution >= 4 is 33.4 Å². The summed E-state index contributed by atoms with van der Waals surface area (Å²) in [5, 5.41) is 2.74. The van der Waals surface area contributed by atoms with Crippen molar-refractivity contribution in [2.24, 2.45) is 0 Å². The number of carbonyl (C=O) groups is 1. The fourth-order valence-corrected chi connectivity index (χ4v) is 4.33. The molecule has 0 saturated heterocycles. The molecule has 146 valence electrons. The van der Waals surface area contributed by atoms with E-state index in [1.165, 1.54) is 30.2 Å². The molecule has 1 aromatic heterocycles. The predicted molar refractivity (Wildman–Crippen MR) is 110 cm³/mol. The summed E-state index contributed by atoms with van der Waals surface area (Å²) in [5.74, 6) is 0.547. The number of aryl methyl sites for hydroxylation is 1. The second-order valence-corrected chi connectivity index (χ2v) is 8.82. The molecule has 0 fully saturated rings. The summed E-state index contributed by atoms with van der Waals surface area (Å²) >= 11 is 1.44. The quantitative estimate of drug-likeness (QED) is 0.546. The number of amides is 1. The molecule has 1 heterocycles. The molecule has 0 radical (unpaired) electrons. The minimum absolute atomic E-state index is 0.0546. The van der Waals surface area contributed by atoms with E-state index in [2.05, 4.69) is 10.0 Å². The van der Waals surface area contributed by atoms with Crippen molar-refractivity contribution in [3.63, 3.8) is 0 Å². The summed E-state index contributed by atoms with van der Waals surface area (Å²) in [6, 6.07) is 17.4. The molecular formula is C20H20N2O4S2. The highest BCUT2D eigenvalue weighted by atomic mass is 32.2. The van der Waals surface area contributed by atoms with Crippen LogP contribution in [0, 0.1) is 6.92 Å². The Labute approximate surface area is 168 Å². The van der Waals surface area contributed by atoms with Gasteiger partial charge in [0.2, 0.25) is 15.9 Å². The molecule has 0 atom stereocenters. The van der Waals surface area contributed by atoms with Crippen LogP contribution in [0.5, 0.6) is 0 Å². The molecule has 0 aliphatic heterocycles. The molecule has 28 heavy (non-hydrogen) atoms. The monoisotopic (exact) mass is 416 g/mol. The minimum atomic E-state index is -3.72. The molecule has 2 aromatic carbocycles. The van der Waals surface area contributed by atoms with E-state index in [1.54, 1.807) is 24.3 Å². The second kappa shape index (κ2) is 9.09. The molecule has 0 bridgehead atoms. The van der Waals surface area contributed by atoms with Gasteiger partial charge in [0.05, 0.1) is 23.5 Å². The Kier molecular flexibility index (Phi) is 6.56. The minimum Gasteiger partial charge on any atom is -0.468 e. The molecule has 0 saturated carbocycles. The van der Waals surface area contributed by atoms with Gasteiger partial charge in [-0.15, -0.1) is 11.8 Å². The number of benzene rings is 2. The lowest BCUT2D eigenvalue weighted by atomic mass is 10.2. The molecule has 0 aliphatic carbocycles. The van der Waals surface area contributed by atoms with Crippen molar-refractivity contribution < 1.29 is 17.6 Å². The van der Waals surface area contributed by atoms with Crippen LogP contribution in [0.25, 0.3) is 0 Å². The van der Waals surface area contributed by atoms with E-state index < -0.39 is 10.0 Å². The van der Waals surface area contributed by atoms with Crippen LogP contribution < -0.4 is 10.0 Å². The van der Waals surface area contributed by atoms with E-state index in [-0.39, 0.29) is 23.1 Å². The molecule has 0 aliphatic rings. The average molecular weight is 417 g/mol. The summed E-state index contributed by atoms with van der Waals surface area (Å²) in [6.07, 6.45) is 1.48. The smallest absolute Gasteiger partial charge is 0.241 e. The number of rotatable bonds is 8. The van der Waals surface area contributed by atoms with Crippen LogP contribution in [0.1, 0.15) is 11.3 Å². The van der Waals surface area contributed by atoms with Crippen LogP contribution in [-0.4, -0.2) is 20.1 Å². The van der Waals surface area contributed by atoms with Crippen LogP contribution in [0.15, 0.2) is 81.1 Å². The van der Waals surface area contributed by atoms with Gasteiger partial charge in [0, 0.05) is 10.6 Å². The van der Waals surface area contributed by atoms with Gasteiger partial charge >= 0.3 is 0 Å². The Hall–Kier alpha value is -2.55. The van der Waals surface area contributed by atoms with Crippen LogP contribution in [-0.2, 0) is 21.4 Å². The lowest BCUT2D eigenvalue weighted by molar-refractivity contribution is -0.113. The highest BCUT2D eigenvalue weighted by molar-refractivity contribution is 8.00. The average Bonchev–Trinajstić information content (AvgIpc) is 3.20. The van der Waals surface area contributed by atoms with Gasteiger partial charge in [-0.3, -0.25) is 4.79 Å². The fourth-order valence-electron chi connectivity index (χ4n) is 2.46. The molecule has 0 unspecified atom stereocenters. The van der Waals surface area contributed by atoms with Crippen LogP contribution in [0.4, 0.5) is 5.69 Å². The molecule has 0 spiro atoms. The Morgan fingerprint density at radius 3 is 2.64 bits per heavy atom. The SMILES string of the molecule is Cc1ccccc1SCC(=O)Nc1cccc(S(=O)(=O)NCc2ccco2)c1. The Balaban J connectivity index is 1.60. The maximum atomic E-state index is 12.4. The lowest BCUT2D eigenvalue weighted by Gasteiger charge is -2.09. The van der Waals surface area contributed by atoms with E-state index in [0.29, 0.717) is 11.4 Å². The number of thioether (sulfide) groups is 1. The van der Waals surface area contributed by atoms with Crippen molar-refractivity contribution in [2.45, 2.75) is 23.3 Å². The number of furan rings is 1. The molecule has 3 aromatic rings. The summed E-state index contributed by atoms with van der Waals surface area (Å²) in [4.78, 5) is 13.3. The Morgan fingerprint density at radius 2 is 1.89 bits per heavy atom.